The van der Waals surface area contributed by atoms with Crippen molar-refractivity contribution < 1.29 is 9.53 Å². The highest BCUT2D eigenvalue weighted by Crippen LogP contribution is 2.37. The average Bonchev–Trinajstić information content (AvgIpc) is 2.55. The van der Waals surface area contributed by atoms with Gasteiger partial charge in [-0.15, -0.1) is 0 Å². The highest BCUT2D eigenvalue weighted by Gasteiger charge is 2.46. The third-order valence-corrected chi connectivity index (χ3v) is 5.65. The van der Waals surface area contributed by atoms with Crippen LogP contribution >= 0.6 is 0 Å². The van der Waals surface area contributed by atoms with Crippen LogP contribution in [0.3, 0.4) is 0 Å². The fourth-order valence-corrected chi connectivity index (χ4v) is 4.60. The monoisotopic (exact) mass is 294 g/mol. The average molecular weight is 294 g/mol. The molecule has 3 fully saturated rings. The van der Waals surface area contributed by atoms with Gasteiger partial charge in [-0.05, 0) is 38.6 Å². The number of ether oxygens (including phenoxy) is 1. The van der Waals surface area contributed by atoms with Crippen LogP contribution < -0.4 is 5.32 Å². The van der Waals surface area contributed by atoms with Gasteiger partial charge in [-0.1, -0.05) is 26.2 Å². The number of carbonyl (C=O) groups is 1. The lowest BCUT2D eigenvalue weighted by Crippen LogP contribution is -2.60. The van der Waals surface area contributed by atoms with Crippen LogP contribution in [0.5, 0.6) is 0 Å². The van der Waals surface area contributed by atoms with E-state index in [1.165, 1.54) is 12.8 Å². The van der Waals surface area contributed by atoms with Crippen LogP contribution in [0.2, 0.25) is 0 Å². The Balaban J connectivity index is 1.77. The van der Waals surface area contributed by atoms with E-state index in [2.05, 4.69) is 17.1 Å². The minimum atomic E-state index is -0.146. The van der Waals surface area contributed by atoms with Crippen molar-refractivity contribution >= 4 is 5.91 Å². The molecule has 0 aromatic carbocycles. The molecule has 0 aromatic heterocycles. The van der Waals surface area contributed by atoms with Gasteiger partial charge in [0.15, 0.2) is 0 Å². The van der Waals surface area contributed by atoms with Crippen molar-refractivity contribution in [2.24, 2.45) is 5.41 Å². The highest BCUT2D eigenvalue weighted by atomic mass is 16.5. The summed E-state index contributed by atoms with van der Waals surface area (Å²) < 4.78 is 5.93. The summed E-state index contributed by atoms with van der Waals surface area (Å²) in [6.45, 7) is 5.66. The number of hydrogen-bond donors (Lipinski definition) is 1. The van der Waals surface area contributed by atoms with Gasteiger partial charge in [0.25, 0.3) is 0 Å². The first-order valence-corrected chi connectivity index (χ1v) is 8.90. The number of carbonyl (C=O) groups excluding carboxylic acids is 1. The molecule has 1 saturated carbocycles. The smallest absolute Gasteiger partial charge is 0.230 e. The highest BCUT2D eigenvalue weighted by molar-refractivity contribution is 5.83. The first-order chi connectivity index (χ1) is 10.3. The molecule has 2 saturated heterocycles. The maximum absolute atomic E-state index is 13.4. The van der Waals surface area contributed by atoms with E-state index in [0.717, 1.165) is 64.8 Å². The number of amides is 1. The zero-order chi connectivity index (χ0) is 14.7. The van der Waals surface area contributed by atoms with E-state index in [1.54, 1.807) is 0 Å². The zero-order valence-corrected chi connectivity index (χ0v) is 13.4. The van der Waals surface area contributed by atoms with Crippen LogP contribution in [0.15, 0.2) is 0 Å². The van der Waals surface area contributed by atoms with E-state index in [4.69, 9.17) is 4.74 Å². The SMILES string of the molecule is CCCC1(C(=O)N2CCOC3CCCCC32)CCCNC1. The van der Waals surface area contributed by atoms with Crippen LogP contribution in [-0.4, -0.2) is 49.2 Å². The van der Waals surface area contributed by atoms with Crippen molar-refractivity contribution in [3.63, 3.8) is 0 Å². The van der Waals surface area contributed by atoms with Gasteiger partial charge >= 0.3 is 0 Å². The summed E-state index contributed by atoms with van der Waals surface area (Å²) in [4.78, 5) is 15.6. The van der Waals surface area contributed by atoms with E-state index in [1.807, 2.05) is 0 Å². The third-order valence-electron chi connectivity index (χ3n) is 5.65. The second-order valence-electron chi connectivity index (χ2n) is 7.07. The molecule has 1 aliphatic carbocycles. The van der Waals surface area contributed by atoms with Gasteiger partial charge in [-0.3, -0.25) is 4.79 Å². The molecule has 0 bridgehead atoms. The molecule has 3 aliphatic rings. The molecule has 3 unspecified atom stereocenters. The Morgan fingerprint density at radius 3 is 2.95 bits per heavy atom. The van der Waals surface area contributed by atoms with Crippen LogP contribution in [0.25, 0.3) is 0 Å². The Bertz CT molecular complexity index is 358. The van der Waals surface area contributed by atoms with E-state index in [0.29, 0.717) is 18.1 Å². The zero-order valence-electron chi connectivity index (χ0n) is 13.4. The number of nitrogens with one attached hydrogen (secondary N) is 1. The summed E-state index contributed by atoms with van der Waals surface area (Å²) >= 11 is 0. The Kier molecular flexibility index (Phi) is 4.85. The Morgan fingerprint density at radius 1 is 1.33 bits per heavy atom. The first kappa shape index (κ1) is 15.3. The molecule has 120 valence electrons. The Hall–Kier alpha value is -0.610. The van der Waals surface area contributed by atoms with Gasteiger partial charge in [-0.25, -0.2) is 0 Å². The van der Waals surface area contributed by atoms with E-state index in [9.17, 15) is 4.79 Å². The molecule has 0 spiro atoms. The van der Waals surface area contributed by atoms with Crippen molar-refractivity contribution in [3.8, 4) is 0 Å². The maximum Gasteiger partial charge on any atom is 0.230 e. The van der Waals surface area contributed by atoms with Crippen molar-refractivity contribution in [1.29, 1.82) is 0 Å². The number of piperidine rings is 1. The minimum Gasteiger partial charge on any atom is -0.374 e. The molecule has 2 aliphatic heterocycles. The number of rotatable bonds is 3. The van der Waals surface area contributed by atoms with Crippen molar-refractivity contribution in [3.05, 3.63) is 0 Å². The molecule has 2 heterocycles. The van der Waals surface area contributed by atoms with Gasteiger partial charge < -0.3 is 15.0 Å². The molecule has 3 rings (SSSR count). The summed E-state index contributed by atoms with van der Waals surface area (Å²) in [6.07, 6.45) is 9.36. The molecule has 3 atom stereocenters. The van der Waals surface area contributed by atoms with Gasteiger partial charge in [0.2, 0.25) is 5.91 Å². The number of nitrogens with zero attached hydrogens (tertiary/aromatic N) is 1. The van der Waals surface area contributed by atoms with E-state index >= 15 is 0 Å². The van der Waals surface area contributed by atoms with Gasteiger partial charge in [0, 0.05) is 13.1 Å². The van der Waals surface area contributed by atoms with Gasteiger partial charge in [0.1, 0.15) is 0 Å². The molecule has 4 nitrogen and oxygen atoms in total. The standard InChI is InChI=1S/C17H30N2O2/c1-2-8-17(9-5-10-18-13-17)16(20)19-11-12-21-15-7-4-3-6-14(15)19/h14-15,18H,2-13H2,1H3. The van der Waals surface area contributed by atoms with Crippen LogP contribution in [-0.2, 0) is 9.53 Å². The lowest BCUT2D eigenvalue weighted by molar-refractivity contribution is -0.161. The fourth-order valence-electron chi connectivity index (χ4n) is 4.60. The molecule has 0 aromatic rings. The fraction of sp³-hybridized carbons (Fsp3) is 0.941. The molecule has 0 radical (unpaired) electrons. The Morgan fingerprint density at radius 2 is 2.19 bits per heavy atom. The molecular formula is C17H30N2O2. The molecule has 21 heavy (non-hydrogen) atoms. The summed E-state index contributed by atoms with van der Waals surface area (Å²) in [5.74, 6) is 0.414. The topological polar surface area (TPSA) is 41.6 Å². The van der Waals surface area contributed by atoms with Gasteiger partial charge in [0.05, 0.1) is 24.2 Å². The van der Waals surface area contributed by atoms with Crippen molar-refractivity contribution in [2.75, 3.05) is 26.2 Å². The predicted molar refractivity (Wildman–Crippen MR) is 83.2 cm³/mol. The molecular weight excluding hydrogens is 264 g/mol. The largest absolute Gasteiger partial charge is 0.374 e. The summed E-state index contributed by atoms with van der Waals surface area (Å²) in [7, 11) is 0. The summed E-state index contributed by atoms with van der Waals surface area (Å²) in [5.41, 5.74) is -0.146. The van der Waals surface area contributed by atoms with Crippen LogP contribution in [0.4, 0.5) is 0 Å². The van der Waals surface area contributed by atoms with Gasteiger partial charge in [-0.2, -0.15) is 0 Å². The maximum atomic E-state index is 13.4. The number of morpholine rings is 1. The molecule has 1 N–H and O–H groups in total. The minimum absolute atomic E-state index is 0.146. The number of fused-ring (bicyclic) bond motifs is 1. The van der Waals surface area contributed by atoms with Crippen molar-refractivity contribution in [1.82, 2.24) is 10.2 Å². The normalized spacial score (nSPS) is 37.1. The van der Waals surface area contributed by atoms with E-state index < -0.39 is 0 Å². The second-order valence-corrected chi connectivity index (χ2v) is 7.07. The molecule has 4 heteroatoms. The lowest BCUT2D eigenvalue weighted by atomic mass is 9.75. The molecule has 1 amide bonds. The van der Waals surface area contributed by atoms with E-state index in [-0.39, 0.29) is 5.41 Å². The summed E-state index contributed by atoms with van der Waals surface area (Å²) in [5, 5.41) is 3.47. The predicted octanol–water partition coefficient (Wildman–Crippen LogP) is 2.33. The first-order valence-electron chi connectivity index (χ1n) is 8.90. The Labute approximate surface area is 128 Å². The second kappa shape index (κ2) is 6.66. The van der Waals surface area contributed by atoms with Crippen LogP contribution in [0.1, 0.15) is 58.3 Å². The summed E-state index contributed by atoms with van der Waals surface area (Å²) in [6, 6.07) is 0.343. The van der Waals surface area contributed by atoms with Crippen LogP contribution in [0, 0.1) is 5.41 Å². The number of hydrogen-bond acceptors (Lipinski definition) is 3. The lowest BCUT2D eigenvalue weighted by Gasteiger charge is -2.48. The quantitative estimate of drug-likeness (QED) is 0.868. The van der Waals surface area contributed by atoms with Crippen molar-refractivity contribution in [2.45, 2.75) is 70.4 Å². The third kappa shape index (κ3) is 2.98.